The first-order chi connectivity index (χ1) is 13.5. The zero-order valence-corrected chi connectivity index (χ0v) is 17.2. The molecule has 1 unspecified atom stereocenters. The maximum Gasteiger partial charge on any atom is 0.119 e. The van der Waals surface area contributed by atoms with Gasteiger partial charge in [0.05, 0.1) is 18.8 Å². The predicted molar refractivity (Wildman–Crippen MR) is 118 cm³/mol. The van der Waals surface area contributed by atoms with Crippen molar-refractivity contribution in [3.05, 3.63) is 87.9 Å². The molecule has 0 N–H and O–H groups in total. The highest BCUT2D eigenvalue weighted by Gasteiger charge is 2.36. The molecule has 3 nitrogen and oxygen atoms in total. The van der Waals surface area contributed by atoms with Gasteiger partial charge in [-0.3, -0.25) is 0 Å². The van der Waals surface area contributed by atoms with Crippen LogP contribution in [0.2, 0.25) is 10.0 Å². The van der Waals surface area contributed by atoms with Gasteiger partial charge in [0.15, 0.2) is 0 Å². The summed E-state index contributed by atoms with van der Waals surface area (Å²) in [7, 11) is 1.67. The van der Waals surface area contributed by atoms with Gasteiger partial charge in [-0.1, -0.05) is 40.9 Å². The number of aliphatic imine (C=N–C) groups is 1. The van der Waals surface area contributed by atoms with Gasteiger partial charge in [0.2, 0.25) is 0 Å². The summed E-state index contributed by atoms with van der Waals surface area (Å²) in [5, 5.41) is 1.28. The van der Waals surface area contributed by atoms with Crippen LogP contribution in [0.25, 0.3) is 0 Å². The second-order valence-electron chi connectivity index (χ2n) is 6.85. The highest BCUT2D eigenvalue weighted by atomic mass is 35.5. The number of hydrogen-bond donors (Lipinski definition) is 0. The summed E-state index contributed by atoms with van der Waals surface area (Å²) >= 11 is 12.5. The minimum Gasteiger partial charge on any atom is -0.497 e. The molecule has 5 heteroatoms. The van der Waals surface area contributed by atoms with Gasteiger partial charge >= 0.3 is 0 Å². The number of aryl methyl sites for hydroxylation is 1. The van der Waals surface area contributed by atoms with Crippen LogP contribution in [0.1, 0.15) is 23.6 Å². The molecule has 0 saturated carbocycles. The quantitative estimate of drug-likeness (QED) is 0.462. The Kier molecular flexibility index (Phi) is 5.29. The molecule has 4 rings (SSSR count). The Labute approximate surface area is 175 Å². The molecule has 3 aromatic rings. The molecule has 28 heavy (non-hydrogen) atoms. The summed E-state index contributed by atoms with van der Waals surface area (Å²) in [6.45, 7) is 2.07. The Morgan fingerprint density at radius 2 is 1.57 bits per heavy atom. The van der Waals surface area contributed by atoms with Crippen molar-refractivity contribution in [1.82, 2.24) is 0 Å². The zero-order valence-electron chi connectivity index (χ0n) is 15.7. The van der Waals surface area contributed by atoms with Crippen LogP contribution in [0.5, 0.6) is 5.75 Å². The van der Waals surface area contributed by atoms with Gasteiger partial charge in [-0.2, -0.15) is 0 Å². The average molecular weight is 411 g/mol. The second-order valence-corrected chi connectivity index (χ2v) is 7.73. The molecule has 0 amide bonds. The number of amidine groups is 1. The maximum atomic E-state index is 6.24. The molecular formula is C23H20Cl2N2O. The zero-order chi connectivity index (χ0) is 19.7. The monoisotopic (exact) mass is 410 g/mol. The van der Waals surface area contributed by atoms with Crippen LogP contribution < -0.4 is 9.64 Å². The highest BCUT2D eigenvalue weighted by molar-refractivity contribution is 6.34. The number of halogens is 2. The van der Waals surface area contributed by atoms with Crippen molar-refractivity contribution >= 4 is 40.4 Å². The fraction of sp³-hybridized carbons (Fsp3) is 0.174. The summed E-state index contributed by atoms with van der Waals surface area (Å²) in [4.78, 5) is 7.10. The first-order valence-electron chi connectivity index (χ1n) is 9.07. The van der Waals surface area contributed by atoms with Gasteiger partial charge in [0.25, 0.3) is 0 Å². The standard InChI is InChI=1S/C23H20Cl2N2O/c1-15-3-5-19(6-4-15)26-23-14-22(16-11-17(24)13-18(25)12-16)27(23)20-7-9-21(28-2)10-8-20/h3-13,22H,14H2,1-2H3/b26-23+. The number of hydrogen-bond acceptors (Lipinski definition) is 2. The van der Waals surface area contributed by atoms with Crippen molar-refractivity contribution in [3.63, 3.8) is 0 Å². The van der Waals surface area contributed by atoms with E-state index in [-0.39, 0.29) is 6.04 Å². The summed E-state index contributed by atoms with van der Waals surface area (Å²) in [5.41, 5.74) is 4.30. The van der Waals surface area contributed by atoms with Crippen LogP contribution >= 0.6 is 23.2 Å². The molecule has 0 aromatic heterocycles. The van der Waals surface area contributed by atoms with E-state index < -0.39 is 0 Å². The van der Waals surface area contributed by atoms with Crippen molar-refractivity contribution in [3.8, 4) is 5.75 Å². The van der Waals surface area contributed by atoms with E-state index in [1.807, 2.05) is 48.5 Å². The lowest BCUT2D eigenvalue weighted by molar-refractivity contribution is 0.415. The maximum absolute atomic E-state index is 6.24. The van der Waals surface area contributed by atoms with E-state index in [0.29, 0.717) is 10.0 Å². The lowest BCUT2D eigenvalue weighted by Crippen LogP contribution is -2.46. The third-order valence-corrected chi connectivity index (χ3v) is 5.31. The van der Waals surface area contributed by atoms with E-state index in [4.69, 9.17) is 32.9 Å². The van der Waals surface area contributed by atoms with Gasteiger partial charge in [0.1, 0.15) is 11.6 Å². The lowest BCUT2D eigenvalue weighted by atomic mass is 9.92. The van der Waals surface area contributed by atoms with E-state index in [1.165, 1.54) is 5.56 Å². The number of methoxy groups -OCH3 is 1. The minimum atomic E-state index is 0.133. The number of ether oxygens (including phenoxy) is 1. The van der Waals surface area contributed by atoms with Crippen LogP contribution in [0.3, 0.4) is 0 Å². The van der Waals surface area contributed by atoms with E-state index in [0.717, 1.165) is 34.9 Å². The van der Waals surface area contributed by atoms with Gasteiger partial charge in [-0.25, -0.2) is 4.99 Å². The molecular weight excluding hydrogens is 391 g/mol. The van der Waals surface area contributed by atoms with Crippen molar-refractivity contribution in [2.75, 3.05) is 12.0 Å². The Morgan fingerprint density at radius 3 is 2.18 bits per heavy atom. The van der Waals surface area contributed by atoms with Crippen molar-refractivity contribution in [2.45, 2.75) is 19.4 Å². The smallest absolute Gasteiger partial charge is 0.119 e. The molecule has 1 saturated heterocycles. The summed E-state index contributed by atoms with van der Waals surface area (Å²) < 4.78 is 5.29. The van der Waals surface area contributed by atoms with E-state index in [1.54, 1.807) is 13.2 Å². The van der Waals surface area contributed by atoms with E-state index in [2.05, 4.69) is 24.0 Å². The molecule has 1 aliphatic heterocycles. The van der Waals surface area contributed by atoms with Crippen molar-refractivity contribution < 1.29 is 4.74 Å². The Hall–Kier alpha value is -2.49. The van der Waals surface area contributed by atoms with Crippen LogP contribution in [0.15, 0.2) is 71.7 Å². The molecule has 0 aliphatic carbocycles. The fourth-order valence-electron chi connectivity index (χ4n) is 3.40. The number of rotatable bonds is 4. The van der Waals surface area contributed by atoms with Crippen LogP contribution in [0, 0.1) is 6.92 Å². The molecule has 3 aromatic carbocycles. The molecule has 142 valence electrons. The average Bonchev–Trinajstić information content (AvgIpc) is 2.66. The highest BCUT2D eigenvalue weighted by Crippen LogP contribution is 2.42. The predicted octanol–water partition coefficient (Wildman–Crippen LogP) is 6.99. The Balaban J connectivity index is 1.72. The number of nitrogens with zero attached hydrogens (tertiary/aromatic N) is 2. The lowest BCUT2D eigenvalue weighted by Gasteiger charge is -2.44. The topological polar surface area (TPSA) is 24.8 Å². The number of anilines is 1. The Morgan fingerprint density at radius 1 is 0.929 bits per heavy atom. The van der Waals surface area contributed by atoms with Gasteiger partial charge < -0.3 is 9.64 Å². The van der Waals surface area contributed by atoms with Gasteiger partial charge in [-0.05, 0) is 67.1 Å². The fourth-order valence-corrected chi connectivity index (χ4v) is 3.95. The summed E-state index contributed by atoms with van der Waals surface area (Å²) in [5.74, 6) is 1.83. The minimum absolute atomic E-state index is 0.133. The Bertz CT molecular complexity index is 994. The van der Waals surface area contributed by atoms with Crippen molar-refractivity contribution in [1.29, 1.82) is 0 Å². The van der Waals surface area contributed by atoms with Crippen LogP contribution in [0.4, 0.5) is 11.4 Å². The molecule has 0 spiro atoms. The van der Waals surface area contributed by atoms with Crippen molar-refractivity contribution in [2.24, 2.45) is 4.99 Å². The van der Waals surface area contributed by atoms with E-state index in [9.17, 15) is 0 Å². The first kappa shape index (κ1) is 18.9. The normalized spacial score (nSPS) is 17.5. The molecule has 0 radical (unpaired) electrons. The van der Waals surface area contributed by atoms with Gasteiger partial charge in [0, 0.05) is 22.2 Å². The van der Waals surface area contributed by atoms with Crippen LogP contribution in [-0.4, -0.2) is 12.9 Å². The molecule has 1 atom stereocenters. The van der Waals surface area contributed by atoms with E-state index >= 15 is 0 Å². The molecule has 1 aliphatic rings. The third kappa shape index (κ3) is 3.87. The molecule has 1 fully saturated rings. The second kappa shape index (κ2) is 7.86. The molecule has 1 heterocycles. The third-order valence-electron chi connectivity index (χ3n) is 4.88. The number of benzene rings is 3. The summed E-state index contributed by atoms with van der Waals surface area (Å²) in [6, 6.07) is 22.1. The SMILES string of the molecule is COc1ccc(N2/C(=N/c3ccc(C)cc3)CC2c2cc(Cl)cc(Cl)c2)cc1. The van der Waals surface area contributed by atoms with Gasteiger partial charge in [-0.15, -0.1) is 0 Å². The molecule has 0 bridgehead atoms. The van der Waals surface area contributed by atoms with Crippen LogP contribution in [-0.2, 0) is 0 Å². The first-order valence-corrected chi connectivity index (χ1v) is 9.82. The summed E-state index contributed by atoms with van der Waals surface area (Å²) in [6.07, 6.45) is 0.816. The largest absolute Gasteiger partial charge is 0.497 e.